The number of allylic oxidation sites excluding steroid dienone is 3. The molecule has 10 heavy (non-hydrogen) atoms. The van der Waals surface area contributed by atoms with Crippen molar-refractivity contribution in [2.24, 2.45) is 0 Å². The molecule has 0 N–H and O–H groups in total. The fourth-order valence-electron chi connectivity index (χ4n) is 1.18. The molecule has 0 atom stereocenters. The summed E-state index contributed by atoms with van der Waals surface area (Å²) in [7, 11) is 0. The Hall–Kier alpha value is -0.520. The van der Waals surface area contributed by atoms with E-state index in [1.165, 1.54) is 30.4 Å². The van der Waals surface area contributed by atoms with Gasteiger partial charge in [0.25, 0.3) is 0 Å². The van der Waals surface area contributed by atoms with Crippen molar-refractivity contribution >= 4 is 0 Å². The lowest BCUT2D eigenvalue weighted by atomic mass is 10.1. The van der Waals surface area contributed by atoms with E-state index < -0.39 is 0 Å². The molecule has 1 fully saturated rings. The molecule has 0 amide bonds. The average molecular weight is 138 g/mol. The molecule has 0 spiro atoms. The van der Waals surface area contributed by atoms with E-state index in [0.29, 0.717) is 0 Å². The quantitative estimate of drug-likeness (QED) is 0.479. The topological polar surface area (TPSA) is 0 Å². The van der Waals surface area contributed by atoms with Crippen molar-refractivity contribution in [1.29, 1.82) is 0 Å². The maximum Gasteiger partial charge on any atom is -0.0276 e. The van der Waals surface area contributed by atoms with Crippen LogP contribution in [0.25, 0.3) is 0 Å². The third-order valence-electron chi connectivity index (χ3n) is 1.73. The molecular formula is C10H18. The SMILES string of the molecule is C=C1CCC/C1=C/C.CC. The predicted molar refractivity (Wildman–Crippen MR) is 48.1 cm³/mol. The molecule has 0 heterocycles. The highest BCUT2D eigenvalue weighted by Gasteiger charge is 2.08. The molecule has 1 rings (SSSR count). The highest BCUT2D eigenvalue weighted by molar-refractivity contribution is 5.31. The van der Waals surface area contributed by atoms with E-state index in [9.17, 15) is 0 Å². The third kappa shape index (κ3) is 2.38. The van der Waals surface area contributed by atoms with Gasteiger partial charge in [-0.25, -0.2) is 0 Å². The van der Waals surface area contributed by atoms with E-state index in [0.717, 1.165) is 0 Å². The lowest BCUT2D eigenvalue weighted by Gasteiger charge is -1.91. The molecule has 1 saturated carbocycles. The van der Waals surface area contributed by atoms with Crippen LogP contribution in [0.15, 0.2) is 23.8 Å². The second-order valence-corrected chi connectivity index (χ2v) is 2.27. The standard InChI is InChI=1S/C8H12.C2H6/c1-3-8-6-4-5-7(8)2;1-2/h3H,2,4-6H2,1H3;1-2H3/b8-3-;. The summed E-state index contributed by atoms with van der Waals surface area (Å²) in [4.78, 5) is 0. The maximum absolute atomic E-state index is 3.94. The van der Waals surface area contributed by atoms with Gasteiger partial charge in [0.1, 0.15) is 0 Å². The minimum atomic E-state index is 1.22. The Morgan fingerprint density at radius 2 is 1.90 bits per heavy atom. The van der Waals surface area contributed by atoms with Crippen LogP contribution in [0.1, 0.15) is 40.0 Å². The van der Waals surface area contributed by atoms with Gasteiger partial charge in [0.05, 0.1) is 0 Å². The molecule has 0 aromatic rings. The summed E-state index contributed by atoms with van der Waals surface area (Å²) in [6, 6.07) is 0. The molecule has 0 aliphatic heterocycles. The van der Waals surface area contributed by atoms with Crippen molar-refractivity contribution in [1.82, 2.24) is 0 Å². The minimum absolute atomic E-state index is 1.22. The van der Waals surface area contributed by atoms with Gasteiger partial charge in [0.2, 0.25) is 0 Å². The molecule has 0 saturated heterocycles. The molecule has 0 aromatic carbocycles. The van der Waals surface area contributed by atoms with Gasteiger partial charge >= 0.3 is 0 Å². The number of rotatable bonds is 0. The van der Waals surface area contributed by atoms with Gasteiger partial charge in [-0.2, -0.15) is 0 Å². The molecule has 0 bridgehead atoms. The summed E-state index contributed by atoms with van der Waals surface area (Å²) in [6.45, 7) is 10.0. The Balaban J connectivity index is 0.000000371. The van der Waals surface area contributed by atoms with E-state index in [-0.39, 0.29) is 0 Å². The average Bonchev–Trinajstić information content (AvgIpc) is 2.39. The van der Waals surface area contributed by atoms with Crippen molar-refractivity contribution in [2.75, 3.05) is 0 Å². The van der Waals surface area contributed by atoms with E-state index >= 15 is 0 Å². The van der Waals surface area contributed by atoms with Gasteiger partial charge in [0, 0.05) is 0 Å². The van der Waals surface area contributed by atoms with Crippen LogP contribution in [0.2, 0.25) is 0 Å². The van der Waals surface area contributed by atoms with Crippen molar-refractivity contribution in [3.05, 3.63) is 23.8 Å². The van der Waals surface area contributed by atoms with Crippen molar-refractivity contribution in [3.63, 3.8) is 0 Å². The van der Waals surface area contributed by atoms with Gasteiger partial charge in [-0.05, 0) is 31.8 Å². The Morgan fingerprint density at radius 3 is 2.10 bits per heavy atom. The van der Waals surface area contributed by atoms with Crippen LogP contribution in [0.3, 0.4) is 0 Å². The van der Waals surface area contributed by atoms with Crippen molar-refractivity contribution < 1.29 is 0 Å². The Morgan fingerprint density at radius 1 is 1.30 bits per heavy atom. The van der Waals surface area contributed by atoms with Crippen LogP contribution >= 0.6 is 0 Å². The first-order chi connectivity index (χ1) is 4.84. The summed E-state index contributed by atoms with van der Waals surface area (Å²) in [5.74, 6) is 0. The van der Waals surface area contributed by atoms with Crippen LogP contribution in [0.4, 0.5) is 0 Å². The Bertz CT molecular complexity index is 129. The highest BCUT2D eigenvalue weighted by atomic mass is 14.1. The first kappa shape index (κ1) is 9.48. The lowest BCUT2D eigenvalue weighted by molar-refractivity contribution is 0.933. The van der Waals surface area contributed by atoms with E-state index in [4.69, 9.17) is 0 Å². The van der Waals surface area contributed by atoms with Gasteiger partial charge in [0.15, 0.2) is 0 Å². The van der Waals surface area contributed by atoms with Crippen LogP contribution in [-0.4, -0.2) is 0 Å². The van der Waals surface area contributed by atoms with Crippen LogP contribution < -0.4 is 0 Å². The van der Waals surface area contributed by atoms with Crippen LogP contribution in [0, 0.1) is 0 Å². The second kappa shape index (κ2) is 5.28. The molecule has 0 aromatic heterocycles. The number of hydrogen-bond donors (Lipinski definition) is 0. The van der Waals surface area contributed by atoms with Gasteiger partial charge in [-0.3, -0.25) is 0 Å². The zero-order valence-electron chi connectivity index (χ0n) is 7.41. The molecule has 1 aliphatic carbocycles. The Kier molecular flexibility index (Phi) is 5.00. The van der Waals surface area contributed by atoms with Crippen LogP contribution in [0.5, 0.6) is 0 Å². The second-order valence-electron chi connectivity index (χ2n) is 2.27. The molecule has 58 valence electrons. The van der Waals surface area contributed by atoms with E-state index in [1.54, 1.807) is 0 Å². The zero-order valence-corrected chi connectivity index (χ0v) is 7.41. The first-order valence-corrected chi connectivity index (χ1v) is 4.18. The fraction of sp³-hybridized carbons (Fsp3) is 0.600. The maximum atomic E-state index is 3.94. The molecule has 0 unspecified atom stereocenters. The fourth-order valence-corrected chi connectivity index (χ4v) is 1.18. The predicted octanol–water partition coefficient (Wildman–Crippen LogP) is 3.70. The summed E-state index contributed by atoms with van der Waals surface area (Å²) < 4.78 is 0. The van der Waals surface area contributed by atoms with E-state index in [2.05, 4.69) is 19.6 Å². The zero-order chi connectivity index (χ0) is 7.98. The summed E-state index contributed by atoms with van der Waals surface area (Å²) in [5.41, 5.74) is 2.83. The first-order valence-electron chi connectivity index (χ1n) is 4.18. The molecule has 0 heteroatoms. The Labute approximate surface area is 64.6 Å². The molecule has 1 aliphatic rings. The molecule has 0 radical (unpaired) electrons. The summed E-state index contributed by atoms with van der Waals surface area (Å²) in [6.07, 6.45) is 5.98. The summed E-state index contributed by atoms with van der Waals surface area (Å²) >= 11 is 0. The van der Waals surface area contributed by atoms with Gasteiger partial charge in [-0.1, -0.05) is 32.1 Å². The van der Waals surface area contributed by atoms with Gasteiger partial charge in [-0.15, -0.1) is 0 Å². The van der Waals surface area contributed by atoms with E-state index in [1.807, 2.05) is 13.8 Å². The van der Waals surface area contributed by atoms with Crippen molar-refractivity contribution in [2.45, 2.75) is 40.0 Å². The molecular weight excluding hydrogens is 120 g/mol. The minimum Gasteiger partial charge on any atom is -0.0956 e. The normalized spacial score (nSPS) is 20.7. The highest BCUT2D eigenvalue weighted by Crippen LogP contribution is 2.27. The van der Waals surface area contributed by atoms with Gasteiger partial charge < -0.3 is 0 Å². The monoisotopic (exact) mass is 138 g/mol. The third-order valence-corrected chi connectivity index (χ3v) is 1.73. The van der Waals surface area contributed by atoms with Crippen LogP contribution in [-0.2, 0) is 0 Å². The number of hydrogen-bond acceptors (Lipinski definition) is 0. The molecule has 0 nitrogen and oxygen atoms in total. The van der Waals surface area contributed by atoms with Crippen molar-refractivity contribution in [3.8, 4) is 0 Å². The lowest BCUT2D eigenvalue weighted by Crippen LogP contribution is -1.71. The summed E-state index contributed by atoms with van der Waals surface area (Å²) in [5, 5.41) is 0. The largest absolute Gasteiger partial charge is 0.0956 e. The smallest absolute Gasteiger partial charge is 0.0276 e.